The number of rotatable bonds is 4. The van der Waals surface area contributed by atoms with E-state index in [4.69, 9.17) is 4.52 Å². The maximum Gasteiger partial charge on any atom is 0.266 e. The highest BCUT2D eigenvalue weighted by molar-refractivity contribution is 5.10. The topological polar surface area (TPSA) is 64.2 Å². The minimum absolute atomic E-state index is 0.00602. The van der Waals surface area contributed by atoms with Crippen molar-refractivity contribution < 1.29 is 4.52 Å². The van der Waals surface area contributed by atoms with Crippen LogP contribution < -0.4 is 5.56 Å². The summed E-state index contributed by atoms with van der Waals surface area (Å²) in [6.45, 7) is 11.9. The van der Waals surface area contributed by atoms with Gasteiger partial charge in [-0.15, -0.1) is 0 Å². The molecule has 0 spiro atoms. The lowest BCUT2D eigenvalue weighted by atomic mass is 9.92. The number of piperidine rings is 1. The second-order valence-electron chi connectivity index (χ2n) is 8.14. The summed E-state index contributed by atoms with van der Waals surface area (Å²) in [7, 11) is 0. The maximum absolute atomic E-state index is 12.2. The first-order chi connectivity index (χ1) is 11.8. The summed E-state index contributed by atoms with van der Waals surface area (Å²) in [5.74, 6) is 1.35. The average molecular weight is 344 g/mol. The molecule has 1 saturated heterocycles. The number of likely N-dealkylation sites (tertiary alicyclic amines) is 1. The van der Waals surface area contributed by atoms with Crippen LogP contribution in [0.5, 0.6) is 0 Å². The first-order valence-electron chi connectivity index (χ1n) is 9.04. The molecule has 3 heterocycles. The highest BCUT2D eigenvalue weighted by atomic mass is 16.5. The summed E-state index contributed by atoms with van der Waals surface area (Å²) >= 11 is 0. The van der Waals surface area contributed by atoms with E-state index < -0.39 is 0 Å². The molecule has 0 N–H and O–H groups in total. The molecular formula is C19H28N4O2. The lowest BCUT2D eigenvalue weighted by Gasteiger charge is -2.31. The van der Waals surface area contributed by atoms with Crippen LogP contribution in [0.2, 0.25) is 0 Å². The fraction of sp³-hybridized carbons (Fsp3) is 0.632. The third-order valence-electron chi connectivity index (χ3n) is 4.84. The van der Waals surface area contributed by atoms with Crippen molar-refractivity contribution in [3.63, 3.8) is 0 Å². The van der Waals surface area contributed by atoms with Gasteiger partial charge in [0.05, 0.1) is 11.4 Å². The molecule has 1 aliphatic heterocycles. The number of hydrogen-bond acceptors (Lipinski definition) is 5. The Hall–Kier alpha value is -1.95. The molecule has 0 atom stereocenters. The molecule has 0 unspecified atom stereocenters. The van der Waals surface area contributed by atoms with Gasteiger partial charge in [-0.05, 0) is 44.8 Å². The van der Waals surface area contributed by atoms with Gasteiger partial charge in [0.2, 0.25) is 0 Å². The number of nitrogens with zero attached hydrogens (tertiary/aromatic N) is 4. The van der Waals surface area contributed by atoms with Gasteiger partial charge in [-0.2, -0.15) is 5.10 Å². The second-order valence-corrected chi connectivity index (χ2v) is 8.14. The molecule has 0 saturated carbocycles. The number of hydrogen-bond donors (Lipinski definition) is 0. The summed E-state index contributed by atoms with van der Waals surface area (Å²) in [6, 6.07) is 5.49. The SMILES string of the molecule is Cc1cc(CN2CCC(Cn3nc(C(C)(C)C)ccc3=O)CC2)no1. The molecule has 3 rings (SSSR count). The van der Waals surface area contributed by atoms with E-state index in [-0.39, 0.29) is 11.0 Å². The van der Waals surface area contributed by atoms with Gasteiger partial charge in [-0.3, -0.25) is 9.69 Å². The summed E-state index contributed by atoms with van der Waals surface area (Å²) in [5, 5.41) is 8.66. The first-order valence-corrected chi connectivity index (χ1v) is 9.04. The third kappa shape index (κ3) is 4.57. The van der Waals surface area contributed by atoms with Gasteiger partial charge in [0.15, 0.2) is 0 Å². The Kier molecular flexibility index (Phi) is 5.08. The summed E-state index contributed by atoms with van der Waals surface area (Å²) < 4.78 is 6.79. The van der Waals surface area contributed by atoms with Gasteiger partial charge in [0.25, 0.3) is 5.56 Å². The Labute approximate surface area is 148 Å². The van der Waals surface area contributed by atoms with Gasteiger partial charge in [0.1, 0.15) is 5.76 Å². The van der Waals surface area contributed by atoms with Gasteiger partial charge < -0.3 is 4.52 Å². The minimum atomic E-state index is -0.0471. The lowest BCUT2D eigenvalue weighted by molar-refractivity contribution is 0.160. The molecule has 0 aromatic carbocycles. The number of aromatic nitrogens is 3. The van der Waals surface area contributed by atoms with Gasteiger partial charge in [-0.1, -0.05) is 25.9 Å². The van der Waals surface area contributed by atoms with E-state index in [0.717, 1.165) is 49.6 Å². The highest BCUT2D eigenvalue weighted by Crippen LogP contribution is 2.21. The van der Waals surface area contributed by atoms with E-state index in [9.17, 15) is 4.79 Å². The van der Waals surface area contributed by atoms with Crippen LogP contribution in [-0.2, 0) is 18.5 Å². The van der Waals surface area contributed by atoms with Crippen molar-refractivity contribution in [2.24, 2.45) is 5.92 Å². The third-order valence-corrected chi connectivity index (χ3v) is 4.84. The Balaban J connectivity index is 1.58. The normalized spacial score (nSPS) is 17.1. The van der Waals surface area contributed by atoms with Crippen LogP contribution >= 0.6 is 0 Å². The van der Waals surface area contributed by atoms with Gasteiger partial charge >= 0.3 is 0 Å². The van der Waals surface area contributed by atoms with Crippen molar-refractivity contribution in [1.29, 1.82) is 0 Å². The molecule has 1 aliphatic rings. The molecule has 0 bridgehead atoms. The fourth-order valence-corrected chi connectivity index (χ4v) is 3.27. The quantitative estimate of drug-likeness (QED) is 0.853. The standard InChI is InChI=1S/C19H28N4O2/c1-14-11-16(21-25-14)13-22-9-7-15(8-10-22)12-23-18(24)6-5-17(20-23)19(2,3)4/h5-6,11,15H,7-10,12-13H2,1-4H3. The molecule has 25 heavy (non-hydrogen) atoms. The molecule has 136 valence electrons. The van der Waals surface area contributed by atoms with Crippen molar-refractivity contribution >= 4 is 0 Å². The summed E-state index contributed by atoms with van der Waals surface area (Å²) in [6.07, 6.45) is 2.15. The molecule has 6 nitrogen and oxygen atoms in total. The Morgan fingerprint density at radius 2 is 1.96 bits per heavy atom. The summed E-state index contributed by atoms with van der Waals surface area (Å²) in [5.41, 5.74) is 1.90. The van der Waals surface area contributed by atoms with Crippen LogP contribution in [0.1, 0.15) is 50.8 Å². The zero-order chi connectivity index (χ0) is 18.0. The van der Waals surface area contributed by atoms with E-state index in [1.807, 2.05) is 19.1 Å². The molecule has 0 aliphatic carbocycles. The van der Waals surface area contributed by atoms with Gasteiger partial charge in [-0.25, -0.2) is 4.68 Å². The fourth-order valence-electron chi connectivity index (χ4n) is 3.27. The van der Waals surface area contributed by atoms with E-state index in [2.05, 4.69) is 35.9 Å². The average Bonchev–Trinajstić information content (AvgIpc) is 2.95. The van der Waals surface area contributed by atoms with Crippen LogP contribution in [0.15, 0.2) is 27.5 Å². The van der Waals surface area contributed by atoms with Crippen LogP contribution in [0.25, 0.3) is 0 Å². The smallest absolute Gasteiger partial charge is 0.266 e. The molecule has 2 aromatic rings. The van der Waals surface area contributed by atoms with Crippen molar-refractivity contribution in [1.82, 2.24) is 19.8 Å². The van der Waals surface area contributed by atoms with Crippen molar-refractivity contribution in [2.45, 2.75) is 59.0 Å². The Bertz CT molecular complexity index is 764. The predicted octanol–water partition coefficient (Wildman–Crippen LogP) is 2.75. The zero-order valence-electron chi connectivity index (χ0n) is 15.7. The second kappa shape index (κ2) is 7.12. The summed E-state index contributed by atoms with van der Waals surface area (Å²) in [4.78, 5) is 14.5. The molecule has 1 fully saturated rings. The Morgan fingerprint density at radius 1 is 1.24 bits per heavy atom. The minimum Gasteiger partial charge on any atom is -0.361 e. The van der Waals surface area contributed by atoms with Crippen LogP contribution in [0, 0.1) is 12.8 Å². The molecular weight excluding hydrogens is 316 g/mol. The van der Waals surface area contributed by atoms with Crippen LogP contribution in [0.3, 0.4) is 0 Å². The molecule has 0 amide bonds. The molecule has 6 heteroatoms. The van der Waals surface area contributed by atoms with Crippen molar-refractivity contribution in [3.05, 3.63) is 45.7 Å². The zero-order valence-corrected chi connectivity index (χ0v) is 15.7. The van der Waals surface area contributed by atoms with Crippen molar-refractivity contribution in [2.75, 3.05) is 13.1 Å². The van der Waals surface area contributed by atoms with Crippen LogP contribution in [0.4, 0.5) is 0 Å². The van der Waals surface area contributed by atoms with E-state index >= 15 is 0 Å². The lowest BCUT2D eigenvalue weighted by Crippen LogP contribution is -2.37. The largest absolute Gasteiger partial charge is 0.361 e. The molecule has 0 radical (unpaired) electrons. The Morgan fingerprint density at radius 3 is 2.56 bits per heavy atom. The highest BCUT2D eigenvalue weighted by Gasteiger charge is 2.22. The van der Waals surface area contributed by atoms with Gasteiger partial charge in [0, 0.05) is 30.6 Å². The monoisotopic (exact) mass is 344 g/mol. The predicted molar refractivity (Wildman–Crippen MR) is 96.4 cm³/mol. The van der Waals surface area contributed by atoms with E-state index in [1.54, 1.807) is 10.7 Å². The van der Waals surface area contributed by atoms with Crippen LogP contribution in [-0.4, -0.2) is 32.9 Å². The number of aryl methyl sites for hydroxylation is 1. The molecule has 2 aromatic heterocycles. The van der Waals surface area contributed by atoms with E-state index in [1.165, 1.54) is 0 Å². The maximum atomic E-state index is 12.2. The first kappa shape index (κ1) is 17.9. The van der Waals surface area contributed by atoms with Crippen molar-refractivity contribution in [3.8, 4) is 0 Å². The van der Waals surface area contributed by atoms with E-state index in [0.29, 0.717) is 12.5 Å².